The summed E-state index contributed by atoms with van der Waals surface area (Å²) in [5.74, 6) is 0.277. The van der Waals surface area contributed by atoms with Gasteiger partial charge in [0.05, 0.1) is 6.54 Å². The molecule has 0 bridgehead atoms. The first-order chi connectivity index (χ1) is 16.6. The van der Waals surface area contributed by atoms with Crippen molar-refractivity contribution in [3.8, 4) is 0 Å². The van der Waals surface area contributed by atoms with Crippen molar-refractivity contribution in [3.63, 3.8) is 0 Å². The molecule has 1 unspecified atom stereocenters. The van der Waals surface area contributed by atoms with Crippen LogP contribution in [0.2, 0.25) is 0 Å². The van der Waals surface area contributed by atoms with Gasteiger partial charge in [0, 0.05) is 29.1 Å². The second kappa shape index (κ2) is 8.71. The number of hydrogen-bond donors (Lipinski definition) is 0. The standard InChI is InChI=1S/C32H36N2O/c1-31(2,3)24-18-16-23(17-19-24)30-33(25-12-8-6-9-13-25)22-27-28(20-32(4,5)21-29(27)35)34(30)26-14-10-7-11-15-26/h6-19,30H,20-22H2,1-5H3. The third-order valence-electron chi connectivity index (χ3n) is 7.33. The first kappa shape index (κ1) is 23.4. The highest BCUT2D eigenvalue weighted by Crippen LogP contribution is 2.48. The molecule has 0 N–H and O–H groups in total. The van der Waals surface area contributed by atoms with Crippen LogP contribution in [0.4, 0.5) is 11.4 Å². The van der Waals surface area contributed by atoms with Crippen LogP contribution in [-0.2, 0) is 10.2 Å². The van der Waals surface area contributed by atoms with Crippen LogP contribution in [0.15, 0.2) is 96.2 Å². The van der Waals surface area contributed by atoms with Crippen LogP contribution in [0.3, 0.4) is 0 Å². The van der Waals surface area contributed by atoms with E-state index in [0.717, 1.165) is 23.4 Å². The van der Waals surface area contributed by atoms with Crippen LogP contribution < -0.4 is 9.80 Å². The average molecular weight is 465 g/mol. The highest BCUT2D eigenvalue weighted by atomic mass is 16.1. The van der Waals surface area contributed by atoms with Gasteiger partial charge in [-0.1, -0.05) is 95.3 Å². The minimum absolute atomic E-state index is 0.0470. The molecule has 1 aliphatic heterocycles. The van der Waals surface area contributed by atoms with Crippen molar-refractivity contribution in [2.45, 2.75) is 59.0 Å². The van der Waals surface area contributed by atoms with E-state index in [2.05, 4.69) is 129 Å². The summed E-state index contributed by atoms with van der Waals surface area (Å²) in [7, 11) is 0. The van der Waals surface area contributed by atoms with Gasteiger partial charge in [0.1, 0.15) is 6.17 Å². The first-order valence-electron chi connectivity index (χ1n) is 12.7. The van der Waals surface area contributed by atoms with E-state index in [1.54, 1.807) is 0 Å². The number of Topliss-reactive ketones (excluding diaryl/α,β-unsaturated/α-hetero) is 1. The highest BCUT2D eigenvalue weighted by molar-refractivity contribution is 6.00. The zero-order chi connectivity index (χ0) is 24.8. The summed E-state index contributed by atoms with van der Waals surface area (Å²) >= 11 is 0. The Hall–Kier alpha value is -3.33. The number of allylic oxidation sites excluding steroid dienone is 1. The Balaban J connectivity index is 1.73. The molecule has 0 fully saturated rings. The van der Waals surface area contributed by atoms with Crippen molar-refractivity contribution >= 4 is 17.2 Å². The molecule has 5 rings (SSSR count). The van der Waals surface area contributed by atoms with Gasteiger partial charge in [0.25, 0.3) is 0 Å². The van der Waals surface area contributed by atoms with E-state index >= 15 is 0 Å². The van der Waals surface area contributed by atoms with Gasteiger partial charge < -0.3 is 9.80 Å². The molecular formula is C32H36N2O. The lowest BCUT2D eigenvalue weighted by Crippen LogP contribution is -2.51. The molecule has 0 amide bonds. The average Bonchev–Trinajstić information content (AvgIpc) is 2.83. The van der Waals surface area contributed by atoms with Crippen molar-refractivity contribution in [1.29, 1.82) is 0 Å². The summed E-state index contributed by atoms with van der Waals surface area (Å²) in [6.45, 7) is 11.8. The van der Waals surface area contributed by atoms with E-state index in [9.17, 15) is 4.79 Å². The lowest BCUT2D eigenvalue weighted by Gasteiger charge is -2.51. The fraction of sp³-hybridized carbons (Fsp3) is 0.344. The molecular weight excluding hydrogens is 428 g/mol. The maximum atomic E-state index is 13.5. The molecule has 180 valence electrons. The van der Waals surface area contributed by atoms with E-state index in [-0.39, 0.29) is 22.8 Å². The molecule has 0 saturated heterocycles. The number of nitrogens with zero attached hydrogens (tertiary/aromatic N) is 2. The largest absolute Gasteiger partial charge is 0.342 e. The van der Waals surface area contributed by atoms with E-state index in [4.69, 9.17) is 0 Å². The predicted molar refractivity (Wildman–Crippen MR) is 146 cm³/mol. The Kier molecular flexibility index (Phi) is 5.83. The molecule has 1 heterocycles. The summed E-state index contributed by atoms with van der Waals surface area (Å²) in [6, 6.07) is 30.2. The number of ketones is 1. The maximum Gasteiger partial charge on any atom is 0.162 e. The quantitative estimate of drug-likeness (QED) is 0.398. The molecule has 2 aliphatic rings. The Labute approximate surface area is 210 Å². The molecule has 0 saturated carbocycles. The summed E-state index contributed by atoms with van der Waals surface area (Å²) < 4.78 is 0. The summed E-state index contributed by atoms with van der Waals surface area (Å²) in [5.41, 5.74) is 6.97. The normalized spacial score (nSPS) is 20.1. The number of para-hydroxylation sites is 2. The van der Waals surface area contributed by atoms with Crippen LogP contribution in [0.25, 0.3) is 0 Å². The van der Waals surface area contributed by atoms with Crippen molar-refractivity contribution in [2.75, 3.05) is 16.3 Å². The molecule has 0 aromatic heterocycles. The molecule has 0 spiro atoms. The minimum Gasteiger partial charge on any atom is -0.342 e. The summed E-state index contributed by atoms with van der Waals surface area (Å²) in [4.78, 5) is 18.3. The SMILES string of the molecule is CC1(C)CC(=O)C2=C(C1)N(c1ccccc1)C(c1ccc(C(C)(C)C)cc1)N(c1ccccc1)C2. The van der Waals surface area contributed by atoms with Gasteiger partial charge in [-0.25, -0.2) is 0 Å². The number of benzene rings is 3. The minimum atomic E-state index is -0.0570. The van der Waals surface area contributed by atoms with E-state index < -0.39 is 0 Å². The Morgan fingerprint density at radius 3 is 1.91 bits per heavy atom. The monoisotopic (exact) mass is 464 g/mol. The fourth-order valence-electron chi connectivity index (χ4n) is 5.50. The van der Waals surface area contributed by atoms with Gasteiger partial charge in [-0.05, 0) is 52.6 Å². The number of anilines is 2. The van der Waals surface area contributed by atoms with Crippen molar-refractivity contribution in [2.24, 2.45) is 5.41 Å². The van der Waals surface area contributed by atoms with Crippen molar-refractivity contribution in [3.05, 3.63) is 107 Å². The Morgan fingerprint density at radius 2 is 1.34 bits per heavy atom. The third-order valence-corrected chi connectivity index (χ3v) is 7.33. The van der Waals surface area contributed by atoms with E-state index in [1.807, 2.05) is 0 Å². The topological polar surface area (TPSA) is 23.6 Å². The second-order valence-corrected chi connectivity index (χ2v) is 11.8. The summed E-state index contributed by atoms with van der Waals surface area (Å²) in [6.07, 6.45) is 1.44. The number of carbonyl (C=O) groups is 1. The van der Waals surface area contributed by atoms with Crippen LogP contribution in [0.5, 0.6) is 0 Å². The Bertz CT molecular complexity index is 1230. The van der Waals surface area contributed by atoms with Crippen molar-refractivity contribution < 1.29 is 4.79 Å². The lowest BCUT2D eigenvalue weighted by molar-refractivity contribution is -0.118. The van der Waals surface area contributed by atoms with Crippen molar-refractivity contribution in [1.82, 2.24) is 0 Å². The molecule has 3 nitrogen and oxygen atoms in total. The number of carbonyl (C=O) groups excluding carboxylic acids is 1. The van der Waals surface area contributed by atoms with E-state index in [1.165, 1.54) is 16.8 Å². The predicted octanol–water partition coefficient (Wildman–Crippen LogP) is 7.65. The molecule has 3 aromatic rings. The van der Waals surface area contributed by atoms with Crippen LogP contribution in [0, 0.1) is 5.41 Å². The van der Waals surface area contributed by atoms with Gasteiger partial charge in [-0.15, -0.1) is 0 Å². The number of hydrogen-bond acceptors (Lipinski definition) is 3. The smallest absolute Gasteiger partial charge is 0.162 e. The van der Waals surface area contributed by atoms with Gasteiger partial charge >= 0.3 is 0 Å². The van der Waals surface area contributed by atoms with Crippen LogP contribution >= 0.6 is 0 Å². The molecule has 3 aromatic carbocycles. The fourth-order valence-corrected chi connectivity index (χ4v) is 5.50. The van der Waals surface area contributed by atoms with Crippen LogP contribution in [-0.4, -0.2) is 12.3 Å². The first-order valence-corrected chi connectivity index (χ1v) is 12.7. The lowest BCUT2D eigenvalue weighted by atomic mass is 9.74. The zero-order valence-electron chi connectivity index (χ0n) is 21.6. The van der Waals surface area contributed by atoms with Gasteiger partial charge in [0.15, 0.2) is 5.78 Å². The highest BCUT2D eigenvalue weighted by Gasteiger charge is 2.43. The summed E-state index contributed by atoms with van der Waals surface area (Å²) in [5, 5.41) is 0. The van der Waals surface area contributed by atoms with Crippen LogP contribution in [0.1, 0.15) is 64.8 Å². The van der Waals surface area contributed by atoms with E-state index in [0.29, 0.717) is 13.0 Å². The molecule has 35 heavy (non-hydrogen) atoms. The Morgan fingerprint density at radius 1 is 0.771 bits per heavy atom. The zero-order valence-corrected chi connectivity index (χ0v) is 21.6. The maximum absolute atomic E-state index is 13.5. The van der Waals surface area contributed by atoms with Gasteiger partial charge in [-0.3, -0.25) is 4.79 Å². The molecule has 3 heteroatoms. The third kappa shape index (κ3) is 4.52. The van der Waals surface area contributed by atoms with Gasteiger partial charge in [0.2, 0.25) is 0 Å². The molecule has 1 atom stereocenters. The molecule has 1 aliphatic carbocycles. The molecule has 0 radical (unpaired) electrons. The number of rotatable bonds is 3. The second-order valence-electron chi connectivity index (χ2n) is 11.8. The van der Waals surface area contributed by atoms with Gasteiger partial charge in [-0.2, -0.15) is 0 Å².